The molecule has 0 bridgehead atoms. The van der Waals surface area contributed by atoms with Crippen LogP contribution in [0.2, 0.25) is 0 Å². The lowest BCUT2D eigenvalue weighted by molar-refractivity contribution is -0.384. The van der Waals surface area contributed by atoms with Gasteiger partial charge < -0.3 is 5.32 Å². The molecule has 2 unspecified atom stereocenters. The van der Waals surface area contributed by atoms with Crippen LogP contribution in [-0.2, 0) is 0 Å². The van der Waals surface area contributed by atoms with Gasteiger partial charge in [0, 0.05) is 17.8 Å². The van der Waals surface area contributed by atoms with E-state index < -0.39 is 0 Å². The van der Waals surface area contributed by atoms with Crippen molar-refractivity contribution in [3.05, 3.63) is 27.9 Å². The second-order valence-electron chi connectivity index (χ2n) is 5.09. The Hall–Kier alpha value is -1.65. The molecule has 1 saturated carbocycles. The maximum Gasteiger partial charge on any atom is 0.314 e. The van der Waals surface area contributed by atoms with Crippen LogP contribution in [0, 0.1) is 23.0 Å². The average Bonchev–Trinajstić information content (AvgIpc) is 2.31. The molecule has 1 N–H and O–H groups in total. The predicted octanol–water partition coefficient (Wildman–Crippen LogP) is 3.29. The summed E-state index contributed by atoms with van der Waals surface area (Å²) < 4.78 is 0. The largest absolute Gasteiger partial charge is 0.361 e. The van der Waals surface area contributed by atoms with E-state index in [1.807, 2.05) is 0 Å². The van der Waals surface area contributed by atoms with E-state index in [1.54, 1.807) is 19.2 Å². The molecule has 0 spiro atoms. The Bertz CT molecular complexity index is 448. The minimum Gasteiger partial charge on any atom is -0.361 e. The third-order valence-corrected chi connectivity index (χ3v) is 3.74. The van der Waals surface area contributed by atoms with Gasteiger partial charge in [-0.25, -0.2) is 4.98 Å². The molecule has 0 aliphatic heterocycles. The maximum absolute atomic E-state index is 11.1. The molecule has 1 aromatic heterocycles. The average molecular weight is 249 g/mol. The first kappa shape index (κ1) is 12.8. The first-order chi connectivity index (χ1) is 8.59. The summed E-state index contributed by atoms with van der Waals surface area (Å²) in [7, 11) is 0. The van der Waals surface area contributed by atoms with Gasteiger partial charge in [-0.2, -0.15) is 0 Å². The molecule has 18 heavy (non-hydrogen) atoms. The predicted molar refractivity (Wildman–Crippen MR) is 70.7 cm³/mol. The summed E-state index contributed by atoms with van der Waals surface area (Å²) in [4.78, 5) is 14.9. The highest BCUT2D eigenvalue weighted by Crippen LogP contribution is 2.31. The molecule has 0 amide bonds. The van der Waals surface area contributed by atoms with Crippen LogP contribution in [0.1, 0.15) is 38.2 Å². The van der Waals surface area contributed by atoms with Crippen molar-refractivity contribution in [1.29, 1.82) is 0 Å². The molecule has 0 saturated heterocycles. The Labute approximate surface area is 107 Å². The fourth-order valence-corrected chi connectivity index (χ4v) is 2.59. The Kier molecular flexibility index (Phi) is 3.79. The van der Waals surface area contributed by atoms with Crippen LogP contribution in [0.25, 0.3) is 0 Å². The van der Waals surface area contributed by atoms with Crippen molar-refractivity contribution in [3.8, 4) is 0 Å². The number of pyridine rings is 1. The van der Waals surface area contributed by atoms with Crippen LogP contribution in [0.4, 0.5) is 11.5 Å². The molecule has 5 nitrogen and oxygen atoms in total. The van der Waals surface area contributed by atoms with E-state index in [0.29, 0.717) is 23.3 Å². The van der Waals surface area contributed by atoms with Crippen LogP contribution in [0.5, 0.6) is 0 Å². The number of nitrogens with one attached hydrogen (secondary N) is 1. The number of hydrogen-bond acceptors (Lipinski definition) is 4. The number of rotatable bonds is 3. The third kappa shape index (κ3) is 2.60. The minimum absolute atomic E-state index is 0.107. The van der Waals surface area contributed by atoms with Gasteiger partial charge in [0.25, 0.3) is 0 Å². The summed E-state index contributed by atoms with van der Waals surface area (Å²) in [6.07, 6.45) is 6.30. The Balaban J connectivity index is 2.23. The molecule has 0 radical (unpaired) electrons. The lowest BCUT2D eigenvalue weighted by atomic mass is 9.86. The number of anilines is 1. The molecule has 1 heterocycles. The Morgan fingerprint density at radius 1 is 1.44 bits per heavy atom. The highest BCUT2D eigenvalue weighted by molar-refractivity contribution is 5.60. The van der Waals surface area contributed by atoms with E-state index in [1.165, 1.54) is 19.3 Å². The van der Waals surface area contributed by atoms with Gasteiger partial charge in [0.2, 0.25) is 5.82 Å². The molecular weight excluding hydrogens is 230 g/mol. The number of nitrogens with zero attached hydrogens (tertiary/aromatic N) is 2. The van der Waals surface area contributed by atoms with Crippen LogP contribution in [0.15, 0.2) is 12.3 Å². The van der Waals surface area contributed by atoms with Gasteiger partial charge in [-0.05, 0) is 31.7 Å². The molecule has 1 aliphatic rings. The van der Waals surface area contributed by atoms with E-state index in [4.69, 9.17) is 0 Å². The summed E-state index contributed by atoms with van der Waals surface area (Å²) in [5.41, 5.74) is 0.760. The smallest absolute Gasteiger partial charge is 0.314 e. The summed E-state index contributed by atoms with van der Waals surface area (Å²) >= 11 is 0. The van der Waals surface area contributed by atoms with Crippen LogP contribution in [0.3, 0.4) is 0 Å². The van der Waals surface area contributed by atoms with Gasteiger partial charge in [0.1, 0.15) is 0 Å². The van der Waals surface area contributed by atoms with Crippen molar-refractivity contribution in [3.63, 3.8) is 0 Å². The summed E-state index contributed by atoms with van der Waals surface area (Å²) in [5, 5.41) is 14.4. The summed E-state index contributed by atoms with van der Waals surface area (Å²) in [6, 6.07) is 1.97. The monoisotopic (exact) mass is 249 g/mol. The first-order valence-electron chi connectivity index (χ1n) is 6.46. The van der Waals surface area contributed by atoms with Gasteiger partial charge in [0.15, 0.2) is 0 Å². The van der Waals surface area contributed by atoms with Gasteiger partial charge >= 0.3 is 5.69 Å². The number of aryl methyl sites for hydroxylation is 1. The third-order valence-electron chi connectivity index (χ3n) is 3.74. The molecule has 5 heteroatoms. The topological polar surface area (TPSA) is 68.1 Å². The fraction of sp³-hybridized carbons (Fsp3) is 0.615. The van der Waals surface area contributed by atoms with E-state index >= 15 is 0 Å². The van der Waals surface area contributed by atoms with Crippen molar-refractivity contribution >= 4 is 11.5 Å². The van der Waals surface area contributed by atoms with Gasteiger partial charge in [-0.1, -0.05) is 19.8 Å². The zero-order valence-electron chi connectivity index (χ0n) is 10.8. The molecule has 2 rings (SSSR count). The van der Waals surface area contributed by atoms with Crippen molar-refractivity contribution in [2.75, 3.05) is 5.32 Å². The van der Waals surface area contributed by atoms with Gasteiger partial charge in [-0.15, -0.1) is 0 Å². The van der Waals surface area contributed by atoms with E-state index in [2.05, 4.69) is 17.2 Å². The van der Waals surface area contributed by atoms with Crippen molar-refractivity contribution in [2.24, 2.45) is 5.92 Å². The summed E-state index contributed by atoms with van der Waals surface area (Å²) in [6.45, 7) is 3.94. The van der Waals surface area contributed by atoms with E-state index in [0.717, 1.165) is 6.42 Å². The Morgan fingerprint density at radius 2 is 2.17 bits per heavy atom. The molecule has 0 aromatic carbocycles. The summed E-state index contributed by atoms with van der Waals surface area (Å²) in [5.74, 6) is 0.958. The van der Waals surface area contributed by atoms with E-state index in [9.17, 15) is 10.1 Å². The van der Waals surface area contributed by atoms with Gasteiger partial charge in [0.05, 0.1) is 4.92 Å². The van der Waals surface area contributed by atoms with Crippen molar-refractivity contribution < 1.29 is 4.92 Å². The van der Waals surface area contributed by atoms with Crippen molar-refractivity contribution in [1.82, 2.24) is 4.98 Å². The lowest BCUT2D eigenvalue weighted by Gasteiger charge is -2.29. The molecule has 2 atom stereocenters. The molecule has 1 aliphatic carbocycles. The zero-order valence-corrected chi connectivity index (χ0v) is 10.8. The Morgan fingerprint density at radius 3 is 2.83 bits per heavy atom. The standard InChI is InChI=1S/C13H19N3O2/c1-9-5-3-4-6-11(9)15-13-12(16(17)18)10(2)7-8-14-13/h7-9,11H,3-6H2,1-2H3,(H,14,15). The normalized spacial score (nSPS) is 23.7. The second kappa shape index (κ2) is 5.33. The van der Waals surface area contributed by atoms with Crippen LogP contribution >= 0.6 is 0 Å². The van der Waals surface area contributed by atoms with Crippen LogP contribution in [-0.4, -0.2) is 15.9 Å². The fourth-order valence-electron chi connectivity index (χ4n) is 2.59. The maximum atomic E-state index is 11.1. The van der Waals surface area contributed by atoms with E-state index in [-0.39, 0.29) is 10.6 Å². The second-order valence-corrected chi connectivity index (χ2v) is 5.09. The number of nitro groups is 1. The molecular formula is C13H19N3O2. The molecule has 1 fully saturated rings. The molecule has 1 aromatic rings. The lowest BCUT2D eigenvalue weighted by Crippen LogP contribution is -2.31. The van der Waals surface area contributed by atoms with Gasteiger partial charge in [-0.3, -0.25) is 10.1 Å². The molecule has 98 valence electrons. The van der Waals surface area contributed by atoms with Crippen LogP contribution < -0.4 is 5.32 Å². The number of hydrogen-bond donors (Lipinski definition) is 1. The first-order valence-corrected chi connectivity index (χ1v) is 6.46. The quantitative estimate of drug-likeness (QED) is 0.659. The zero-order chi connectivity index (χ0) is 13.1. The highest BCUT2D eigenvalue weighted by atomic mass is 16.6. The highest BCUT2D eigenvalue weighted by Gasteiger charge is 2.25. The SMILES string of the molecule is Cc1ccnc(NC2CCCCC2C)c1[N+](=O)[O-]. The minimum atomic E-state index is -0.349. The number of aromatic nitrogens is 1. The van der Waals surface area contributed by atoms with Crippen molar-refractivity contribution in [2.45, 2.75) is 45.6 Å².